The number of benzene rings is 2. The van der Waals surface area contributed by atoms with E-state index in [0.717, 1.165) is 29.9 Å². The molecular weight excluding hydrogens is 246 g/mol. The summed E-state index contributed by atoms with van der Waals surface area (Å²) in [4.78, 5) is 0. The van der Waals surface area contributed by atoms with Crippen LogP contribution in [0.3, 0.4) is 0 Å². The molecule has 18 heavy (non-hydrogen) atoms. The first kappa shape index (κ1) is 12.8. The van der Waals surface area contributed by atoms with E-state index in [9.17, 15) is 0 Å². The van der Waals surface area contributed by atoms with Gasteiger partial charge in [-0.2, -0.15) is 0 Å². The second-order valence-corrected chi connectivity index (χ2v) is 4.52. The quantitative estimate of drug-likeness (QED) is 0.829. The van der Waals surface area contributed by atoms with Gasteiger partial charge < -0.3 is 10.5 Å². The van der Waals surface area contributed by atoms with Crippen LogP contribution in [0.5, 0.6) is 5.75 Å². The largest absolute Gasteiger partial charge is 0.494 e. The van der Waals surface area contributed by atoms with Gasteiger partial charge in [0.25, 0.3) is 0 Å². The second kappa shape index (κ2) is 5.78. The van der Waals surface area contributed by atoms with Crippen molar-refractivity contribution in [3.05, 3.63) is 47.5 Å². The monoisotopic (exact) mass is 261 g/mol. The van der Waals surface area contributed by atoms with Gasteiger partial charge in [0.2, 0.25) is 0 Å². The molecule has 2 aromatic rings. The minimum absolute atomic E-state index is 0.664. The average Bonchev–Trinajstić information content (AvgIpc) is 2.37. The van der Waals surface area contributed by atoms with E-state index in [-0.39, 0.29) is 0 Å². The van der Waals surface area contributed by atoms with Crippen LogP contribution in [0.1, 0.15) is 13.3 Å². The molecule has 0 radical (unpaired) electrons. The van der Waals surface area contributed by atoms with Crippen molar-refractivity contribution in [2.75, 3.05) is 12.3 Å². The van der Waals surface area contributed by atoms with E-state index in [1.54, 1.807) is 6.07 Å². The lowest BCUT2D eigenvalue weighted by atomic mass is 10.1. The van der Waals surface area contributed by atoms with Gasteiger partial charge in [-0.05, 0) is 36.2 Å². The van der Waals surface area contributed by atoms with Gasteiger partial charge in [0.1, 0.15) is 5.75 Å². The molecule has 0 saturated carbocycles. The fourth-order valence-corrected chi connectivity index (χ4v) is 2.01. The SMILES string of the molecule is CCCOc1ccc(-c2ccc(N)cc2Cl)cc1. The lowest BCUT2D eigenvalue weighted by Crippen LogP contribution is -1.94. The van der Waals surface area contributed by atoms with Crippen molar-refractivity contribution in [3.63, 3.8) is 0 Å². The van der Waals surface area contributed by atoms with E-state index < -0.39 is 0 Å². The topological polar surface area (TPSA) is 35.2 Å². The molecule has 2 rings (SSSR count). The number of hydrogen-bond acceptors (Lipinski definition) is 2. The molecule has 0 unspecified atom stereocenters. The Morgan fingerprint density at radius 3 is 2.44 bits per heavy atom. The summed E-state index contributed by atoms with van der Waals surface area (Å²) < 4.78 is 5.54. The van der Waals surface area contributed by atoms with Gasteiger partial charge in [-0.25, -0.2) is 0 Å². The summed E-state index contributed by atoms with van der Waals surface area (Å²) in [5, 5.41) is 0.664. The smallest absolute Gasteiger partial charge is 0.119 e. The molecule has 2 aromatic carbocycles. The number of ether oxygens (including phenoxy) is 1. The van der Waals surface area contributed by atoms with Crippen LogP contribution in [0.4, 0.5) is 5.69 Å². The van der Waals surface area contributed by atoms with E-state index >= 15 is 0 Å². The first-order chi connectivity index (χ1) is 8.70. The third-order valence-electron chi connectivity index (χ3n) is 2.63. The van der Waals surface area contributed by atoms with Crippen molar-refractivity contribution in [2.24, 2.45) is 0 Å². The first-order valence-corrected chi connectivity index (χ1v) is 6.36. The predicted octanol–water partition coefficient (Wildman–Crippen LogP) is 4.38. The molecule has 0 saturated heterocycles. The Labute approximate surface area is 112 Å². The van der Waals surface area contributed by atoms with Crippen molar-refractivity contribution in [1.29, 1.82) is 0 Å². The highest BCUT2D eigenvalue weighted by atomic mass is 35.5. The van der Waals surface area contributed by atoms with Crippen molar-refractivity contribution >= 4 is 17.3 Å². The molecular formula is C15H16ClNO. The van der Waals surface area contributed by atoms with E-state index in [1.807, 2.05) is 36.4 Å². The van der Waals surface area contributed by atoms with Crippen molar-refractivity contribution in [1.82, 2.24) is 0 Å². The summed E-state index contributed by atoms with van der Waals surface area (Å²) in [7, 11) is 0. The third kappa shape index (κ3) is 2.96. The lowest BCUT2D eigenvalue weighted by Gasteiger charge is -2.08. The summed E-state index contributed by atoms with van der Waals surface area (Å²) in [5.41, 5.74) is 8.39. The maximum Gasteiger partial charge on any atom is 0.119 e. The molecule has 94 valence electrons. The van der Waals surface area contributed by atoms with Crippen LogP contribution >= 0.6 is 11.6 Å². The number of nitrogen functional groups attached to an aromatic ring is 1. The molecule has 0 spiro atoms. The van der Waals surface area contributed by atoms with Crippen molar-refractivity contribution in [2.45, 2.75) is 13.3 Å². The van der Waals surface area contributed by atoms with Crippen molar-refractivity contribution < 1.29 is 4.74 Å². The van der Waals surface area contributed by atoms with Gasteiger partial charge in [0.05, 0.1) is 11.6 Å². The molecule has 2 N–H and O–H groups in total. The highest BCUT2D eigenvalue weighted by molar-refractivity contribution is 6.33. The highest BCUT2D eigenvalue weighted by Gasteiger charge is 2.04. The van der Waals surface area contributed by atoms with Crippen LogP contribution in [0.2, 0.25) is 5.02 Å². The molecule has 0 fully saturated rings. The van der Waals surface area contributed by atoms with Gasteiger partial charge in [0, 0.05) is 11.3 Å². The molecule has 0 heterocycles. The molecule has 0 bridgehead atoms. The minimum atomic E-state index is 0.664. The van der Waals surface area contributed by atoms with E-state index in [4.69, 9.17) is 22.1 Å². The summed E-state index contributed by atoms with van der Waals surface area (Å²) in [6, 6.07) is 13.5. The maximum absolute atomic E-state index is 6.18. The standard InChI is InChI=1S/C15H16ClNO/c1-2-9-18-13-6-3-11(4-7-13)14-8-5-12(17)10-15(14)16/h3-8,10H,2,9,17H2,1H3. The van der Waals surface area contributed by atoms with E-state index in [0.29, 0.717) is 10.7 Å². The maximum atomic E-state index is 6.18. The zero-order valence-corrected chi connectivity index (χ0v) is 11.1. The zero-order chi connectivity index (χ0) is 13.0. The zero-order valence-electron chi connectivity index (χ0n) is 10.3. The molecule has 0 aromatic heterocycles. The minimum Gasteiger partial charge on any atom is -0.494 e. The van der Waals surface area contributed by atoms with Gasteiger partial charge >= 0.3 is 0 Å². The first-order valence-electron chi connectivity index (χ1n) is 5.99. The molecule has 0 aliphatic carbocycles. The molecule has 0 aliphatic rings. The Bertz CT molecular complexity index is 523. The molecule has 2 nitrogen and oxygen atoms in total. The van der Waals surface area contributed by atoms with Crippen LogP contribution < -0.4 is 10.5 Å². The number of rotatable bonds is 4. The summed E-state index contributed by atoms with van der Waals surface area (Å²) in [6.07, 6.45) is 1.01. The second-order valence-electron chi connectivity index (χ2n) is 4.11. The Balaban J connectivity index is 2.23. The fourth-order valence-electron chi connectivity index (χ4n) is 1.72. The fraction of sp³-hybridized carbons (Fsp3) is 0.200. The Morgan fingerprint density at radius 1 is 1.11 bits per heavy atom. The van der Waals surface area contributed by atoms with Gasteiger partial charge in [-0.3, -0.25) is 0 Å². The molecule has 3 heteroatoms. The van der Waals surface area contributed by atoms with Crippen LogP contribution in [-0.2, 0) is 0 Å². The molecule has 0 amide bonds. The Morgan fingerprint density at radius 2 is 1.83 bits per heavy atom. The van der Waals surface area contributed by atoms with Crippen LogP contribution in [0, 0.1) is 0 Å². The van der Waals surface area contributed by atoms with Crippen LogP contribution in [0.15, 0.2) is 42.5 Å². The van der Waals surface area contributed by atoms with Crippen LogP contribution in [0.25, 0.3) is 11.1 Å². The highest BCUT2D eigenvalue weighted by Crippen LogP contribution is 2.30. The number of nitrogens with two attached hydrogens (primary N) is 1. The Hall–Kier alpha value is -1.67. The third-order valence-corrected chi connectivity index (χ3v) is 2.94. The summed E-state index contributed by atoms with van der Waals surface area (Å²) in [5.74, 6) is 0.882. The van der Waals surface area contributed by atoms with E-state index in [2.05, 4.69) is 6.92 Å². The number of hydrogen-bond donors (Lipinski definition) is 1. The Kier molecular flexibility index (Phi) is 4.11. The van der Waals surface area contributed by atoms with E-state index in [1.165, 1.54) is 0 Å². The predicted molar refractivity (Wildman–Crippen MR) is 77.1 cm³/mol. The van der Waals surface area contributed by atoms with Crippen LogP contribution in [-0.4, -0.2) is 6.61 Å². The van der Waals surface area contributed by atoms with Crippen molar-refractivity contribution in [3.8, 4) is 16.9 Å². The van der Waals surface area contributed by atoms with Gasteiger partial charge in [-0.15, -0.1) is 0 Å². The van der Waals surface area contributed by atoms with Gasteiger partial charge in [0.15, 0.2) is 0 Å². The average molecular weight is 262 g/mol. The summed E-state index contributed by atoms with van der Waals surface area (Å²) >= 11 is 6.18. The lowest BCUT2D eigenvalue weighted by molar-refractivity contribution is 0.317. The molecule has 0 aliphatic heterocycles. The normalized spacial score (nSPS) is 10.3. The summed E-state index contributed by atoms with van der Waals surface area (Å²) in [6.45, 7) is 2.82. The number of halogens is 1. The molecule has 0 atom stereocenters. The number of anilines is 1. The van der Waals surface area contributed by atoms with Gasteiger partial charge in [-0.1, -0.05) is 36.7 Å².